The molecule has 2 N–H and O–H groups in total. The number of nitrogens with zero attached hydrogens (tertiary/aromatic N) is 2. The highest BCUT2D eigenvalue weighted by Crippen LogP contribution is 2.19. The van der Waals surface area contributed by atoms with Crippen LogP contribution in [0.1, 0.15) is 5.56 Å². The van der Waals surface area contributed by atoms with Gasteiger partial charge in [0.2, 0.25) is 0 Å². The summed E-state index contributed by atoms with van der Waals surface area (Å²) < 4.78 is 27.8. The first kappa shape index (κ1) is 17.3. The van der Waals surface area contributed by atoms with E-state index in [1.807, 2.05) is 0 Å². The number of hydrogen-bond donors (Lipinski definition) is 2. The lowest BCUT2D eigenvalue weighted by atomic mass is 10.2. The van der Waals surface area contributed by atoms with Crippen LogP contribution in [-0.2, 0) is 6.54 Å². The van der Waals surface area contributed by atoms with Gasteiger partial charge in [-0.3, -0.25) is 4.68 Å². The summed E-state index contributed by atoms with van der Waals surface area (Å²) in [4.78, 5) is 0. The molecule has 4 nitrogen and oxygen atoms in total. The van der Waals surface area contributed by atoms with Crippen LogP contribution in [0, 0.1) is 11.6 Å². The Balaban J connectivity index is 1.59. The number of anilines is 2. The van der Waals surface area contributed by atoms with Gasteiger partial charge in [0.25, 0.3) is 0 Å². The topological polar surface area (TPSA) is 41.9 Å². The molecule has 0 fully saturated rings. The third-order valence-electron chi connectivity index (χ3n) is 3.33. The highest BCUT2D eigenvalue weighted by atomic mass is 35.5. The molecular formula is C17H13ClF2N4S. The van der Waals surface area contributed by atoms with Crippen LogP contribution in [0.5, 0.6) is 0 Å². The first-order valence-electron chi connectivity index (χ1n) is 7.29. The second kappa shape index (κ2) is 7.58. The summed E-state index contributed by atoms with van der Waals surface area (Å²) in [5, 5.41) is 10.5. The largest absolute Gasteiger partial charge is 0.332 e. The van der Waals surface area contributed by atoms with Crippen LogP contribution in [0.3, 0.4) is 0 Å². The normalized spacial score (nSPS) is 10.5. The van der Waals surface area contributed by atoms with E-state index in [1.54, 1.807) is 29.2 Å². The van der Waals surface area contributed by atoms with Crippen molar-refractivity contribution in [3.8, 4) is 0 Å². The molecule has 25 heavy (non-hydrogen) atoms. The molecule has 0 saturated heterocycles. The van der Waals surface area contributed by atoms with Crippen molar-refractivity contribution in [2.75, 3.05) is 10.6 Å². The molecular weight excluding hydrogens is 366 g/mol. The zero-order chi connectivity index (χ0) is 17.8. The van der Waals surface area contributed by atoms with Crippen molar-refractivity contribution in [2.45, 2.75) is 6.54 Å². The molecule has 0 amide bonds. The lowest BCUT2D eigenvalue weighted by Gasteiger charge is -2.09. The first-order valence-corrected chi connectivity index (χ1v) is 8.08. The average molecular weight is 379 g/mol. The number of halogens is 3. The minimum absolute atomic E-state index is 0.0138. The average Bonchev–Trinajstić information content (AvgIpc) is 3.00. The third-order valence-corrected chi connectivity index (χ3v) is 3.82. The van der Waals surface area contributed by atoms with Gasteiger partial charge in [-0.1, -0.05) is 23.7 Å². The Morgan fingerprint density at radius 2 is 1.80 bits per heavy atom. The van der Waals surface area contributed by atoms with E-state index >= 15 is 0 Å². The van der Waals surface area contributed by atoms with Crippen LogP contribution in [0.2, 0.25) is 5.02 Å². The lowest BCUT2D eigenvalue weighted by Crippen LogP contribution is -2.18. The molecule has 128 valence electrons. The van der Waals surface area contributed by atoms with Crippen LogP contribution in [0.25, 0.3) is 0 Å². The summed E-state index contributed by atoms with van der Waals surface area (Å²) in [5.74, 6) is -0.767. The van der Waals surface area contributed by atoms with Crippen LogP contribution in [-0.4, -0.2) is 14.9 Å². The Bertz CT molecular complexity index is 896. The van der Waals surface area contributed by atoms with Crippen LogP contribution in [0.4, 0.5) is 20.2 Å². The SMILES string of the molecule is Fc1ccc(Cn2cc(NC(=S)Nc3ccc(F)c(Cl)c3)cn2)cc1. The molecule has 8 heteroatoms. The molecule has 0 radical (unpaired) electrons. The van der Waals surface area contributed by atoms with E-state index in [0.29, 0.717) is 23.0 Å². The molecule has 0 aliphatic carbocycles. The quantitative estimate of drug-likeness (QED) is 0.647. The molecule has 1 aromatic heterocycles. The third kappa shape index (κ3) is 4.74. The number of benzene rings is 2. The van der Waals surface area contributed by atoms with Crippen molar-refractivity contribution < 1.29 is 8.78 Å². The van der Waals surface area contributed by atoms with Gasteiger partial charge in [-0.05, 0) is 48.1 Å². The number of aromatic nitrogens is 2. The maximum Gasteiger partial charge on any atom is 0.175 e. The predicted octanol–water partition coefficient (Wildman–Crippen LogP) is 4.67. The van der Waals surface area contributed by atoms with Gasteiger partial charge in [0.05, 0.1) is 23.5 Å². The van der Waals surface area contributed by atoms with Crippen LogP contribution < -0.4 is 10.6 Å². The highest BCUT2D eigenvalue weighted by Gasteiger charge is 2.05. The zero-order valence-electron chi connectivity index (χ0n) is 12.8. The van der Waals surface area contributed by atoms with Gasteiger partial charge in [-0.15, -0.1) is 0 Å². The van der Waals surface area contributed by atoms with E-state index in [1.165, 1.54) is 30.3 Å². The second-order valence-electron chi connectivity index (χ2n) is 5.26. The minimum Gasteiger partial charge on any atom is -0.332 e. The van der Waals surface area contributed by atoms with E-state index in [-0.39, 0.29) is 10.8 Å². The van der Waals surface area contributed by atoms with Gasteiger partial charge in [0.1, 0.15) is 11.6 Å². The Morgan fingerprint density at radius 3 is 2.52 bits per heavy atom. The van der Waals surface area contributed by atoms with E-state index in [9.17, 15) is 8.78 Å². The number of nitrogens with one attached hydrogen (secondary N) is 2. The molecule has 0 unspecified atom stereocenters. The number of thiocarbonyl (C=S) groups is 1. The molecule has 1 heterocycles. The Morgan fingerprint density at radius 1 is 1.08 bits per heavy atom. The minimum atomic E-state index is -0.492. The molecule has 3 aromatic rings. The van der Waals surface area contributed by atoms with E-state index < -0.39 is 5.82 Å². The zero-order valence-corrected chi connectivity index (χ0v) is 14.4. The van der Waals surface area contributed by atoms with E-state index in [0.717, 1.165) is 5.56 Å². The molecule has 0 aliphatic heterocycles. The fourth-order valence-electron chi connectivity index (χ4n) is 2.16. The Labute approximate surface area is 153 Å². The standard InChI is InChI=1S/C17H13ClF2N4S/c18-15-7-13(5-6-16(15)20)22-17(25)23-14-8-21-24(10-14)9-11-1-3-12(19)4-2-11/h1-8,10H,9H2,(H2,22,23,25). The maximum atomic E-state index is 13.1. The van der Waals surface area contributed by atoms with Gasteiger partial charge < -0.3 is 10.6 Å². The smallest absolute Gasteiger partial charge is 0.175 e. The van der Waals surface area contributed by atoms with Gasteiger partial charge in [-0.25, -0.2) is 8.78 Å². The van der Waals surface area contributed by atoms with Gasteiger partial charge in [0.15, 0.2) is 5.11 Å². The van der Waals surface area contributed by atoms with E-state index in [4.69, 9.17) is 23.8 Å². The van der Waals surface area contributed by atoms with Crippen LogP contribution in [0.15, 0.2) is 54.9 Å². The molecule has 0 bridgehead atoms. The lowest BCUT2D eigenvalue weighted by molar-refractivity contribution is 0.624. The van der Waals surface area contributed by atoms with Crippen molar-refractivity contribution in [1.82, 2.24) is 9.78 Å². The Hall–Kier alpha value is -2.51. The van der Waals surface area contributed by atoms with Gasteiger partial charge in [0, 0.05) is 11.9 Å². The molecule has 2 aromatic carbocycles. The number of hydrogen-bond acceptors (Lipinski definition) is 2. The maximum absolute atomic E-state index is 13.1. The van der Waals surface area contributed by atoms with Gasteiger partial charge in [-0.2, -0.15) is 5.10 Å². The summed E-state index contributed by atoms with van der Waals surface area (Å²) in [6, 6.07) is 10.5. The van der Waals surface area contributed by atoms with E-state index in [2.05, 4.69) is 15.7 Å². The molecule has 0 spiro atoms. The monoisotopic (exact) mass is 378 g/mol. The summed E-state index contributed by atoms with van der Waals surface area (Å²) in [6.45, 7) is 0.510. The molecule has 3 rings (SSSR count). The van der Waals surface area contributed by atoms with Crippen molar-refractivity contribution in [2.24, 2.45) is 0 Å². The summed E-state index contributed by atoms with van der Waals surface area (Å²) >= 11 is 10.9. The van der Waals surface area contributed by atoms with Crippen molar-refractivity contribution >= 4 is 40.3 Å². The molecule has 0 aliphatic rings. The fraction of sp³-hybridized carbons (Fsp3) is 0.0588. The van der Waals surface area contributed by atoms with Gasteiger partial charge >= 0.3 is 0 Å². The molecule has 0 saturated carbocycles. The fourth-order valence-corrected chi connectivity index (χ4v) is 2.58. The second-order valence-corrected chi connectivity index (χ2v) is 6.08. The van der Waals surface area contributed by atoms with Crippen molar-refractivity contribution in [3.63, 3.8) is 0 Å². The first-order chi connectivity index (χ1) is 12.0. The van der Waals surface area contributed by atoms with Crippen molar-refractivity contribution in [1.29, 1.82) is 0 Å². The summed E-state index contributed by atoms with van der Waals surface area (Å²) in [7, 11) is 0. The predicted molar refractivity (Wildman–Crippen MR) is 99.0 cm³/mol. The van der Waals surface area contributed by atoms with Crippen LogP contribution >= 0.6 is 23.8 Å². The number of rotatable bonds is 4. The Kier molecular flexibility index (Phi) is 5.25. The summed E-state index contributed by atoms with van der Waals surface area (Å²) in [5.41, 5.74) is 2.19. The van der Waals surface area contributed by atoms with Crippen molar-refractivity contribution in [3.05, 3.63) is 77.1 Å². The molecule has 0 atom stereocenters. The summed E-state index contributed by atoms with van der Waals surface area (Å²) in [6.07, 6.45) is 3.39. The highest BCUT2D eigenvalue weighted by molar-refractivity contribution is 7.80.